The molecule has 3 aromatic heterocycles. The molecule has 0 amide bonds. The Balaban J connectivity index is 1.26. The molecule has 6 rings (SSSR count). The molecule has 0 spiro atoms. The van der Waals surface area contributed by atoms with E-state index in [4.69, 9.17) is 9.97 Å². The summed E-state index contributed by atoms with van der Waals surface area (Å²) in [6.07, 6.45) is 5.38. The SMILES string of the molecule is O=S(c1ccc(F)cc1)N1CCC[C@H](Nc2nccc(-c3c(-c4ccc(F)cc4)nc4sccn34)n2)C1. The summed E-state index contributed by atoms with van der Waals surface area (Å²) >= 11 is 1.51. The highest BCUT2D eigenvalue weighted by atomic mass is 32.2. The number of benzene rings is 2. The highest BCUT2D eigenvalue weighted by Gasteiger charge is 2.26. The standard InChI is InChI=1S/C26H22F2N6OS2/c27-18-5-3-17(4-6-18)23-24(34-14-15-36-26(34)32-23)22-11-12-29-25(31-22)30-20-2-1-13-33(16-20)37(35)21-9-7-19(28)8-10-21/h3-12,14-15,20H,1-2,13,16H2,(H,29,30,31)/t20-,37?/m0/s1. The van der Waals surface area contributed by atoms with Gasteiger partial charge in [0.1, 0.15) is 28.3 Å². The Morgan fingerprint density at radius 1 is 1.00 bits per heavy atom. The summed E-state index contributed by atoms with van der Waals surface area (Å²) in [6, 6.07) is 13.9. The molecule has 1 aliphatic rings. The van der Waals surface area contributed by atoms with Gasteiger partial charge in [0.25, 0.3) is 0 Å². The van der Waals surface area contributed by atoms with E-state index in [-0.39, 0.29) is 17.7 Å². The number of hydrogen-bond donors (Lipinski definition) is 1. The van der Waals surface area contributed by atoms with Crippen molar-refractivity contribution in [1.82, 2.24) is 23.7 Å². The van der Waals surface area contributed by atoms with Crippen molar-refractivity contribution < 1.29 is 13.0 Å². The van der Waals surface area contributed by atoms with Crippen molar-refractivity contribution in [3.63, 3.8) is 0 Å². The molecule has 0 saturated carbocycles. The van der Waals surface area contributed by atoms with Gasteiger partial charge in [-0.25, -0.2) is 32.2 Å². The van der Waals surface area contributed by atoms with Gasteiger partial charge in [0.15, 0.2) is 4.96 Å². The molecule has 0 radical (unpaired) electrons. The van der Waals surface area contributed by atoms with E-state index in [1.807, 2.05) is 26.3 Å². The van der Waals surface area contributed by atoms with Crippen LogP contribution in [0.15, 0.2) is 77.3 Å². The molecular formula is C26H22F2N6OS2. The molecule has 1 saturated heterocycles. The average Bonchev–Trinajstić information content (AvgIpc) is 3.51. The van der Waals surface area contributed by atoms with Crippen molar-refractivity contribution in [1.29, 1.82) is 0 Å². The Morgan fingerprint density at radius 3 is 2.54 bits per heavy atom. The topological polar surface area (TPSA) is 75.4 Å². The van der Waals surface area contributed by atoms with E-state index in [1.165, 1.54) is 35.6 Å². The van der Waals surface area contributed by atoms with Crippen LogP contribution in [0.5, 0.6) is 0 Å². The van der Waals surface area contributed by atoms with Gasteiger partial charge in [0, 0.05) is 42.5 Å². The van der Waals surface area contributed by atoms with Crippen LogP contribution in [-0.2, 0) is 11.0 Å². The van der Waals surface area contributed by atoms with Crippen LogP contribution < -0.4 is 5.32 Å². The van der Waals surface area contributed by atoms with Crippen LogP contribution in [0, 0.1) is 11.6 Å². The zero-order valence-electron chi connectivity index (χ0n) is 19.6. The number of piperidine rings is 1. The number of hydrogen-bond acceptors (Lipinski definition) is 6. The van der Waals surface area contributed by atoms with Crippen LogP contribution in [0.2, 0.25) is 0 Å². The number of nitrogens with zero attached hydrogens (tertiary/aromatic N) is 5. The van der Waals surface area contributed by atoms with Gasteiger partial charge in [0.05, 0.1) is 16.3 Å². The molecule has 2 atom stereocenters. The van der Waals surface area contributed by atoms with E-state index in [0.717, 1.165) is 34.8 Å². The van der Waals surface area contributed by atoms with Crippen molar-refractivity contribution in [2.45, 2.75) is 23.8 Å². The number of thiazole rings is 1. The highest BCUT2D eigenvalue weighted by Crippen LogP contribution is 2.34. The van der Waals surface area contributed by atoms with Crippen molar-refractivity contribution >= 4 is 33.2 Å². The minimum Gasteiger partial charge on any atom is -0.350 e. The quantitative estimate of drug-likeness (QED) is 0.315. The maximum absolute atomic E-state index is 13.5. The van der Waals surface area contributed by atoms with Gasteiger partial charge in [-0.05, 0) is 67.4 Å². The summed E-state index contributed by atoms with van der Waals surface area (Å²) in [5, 5.41) is 5.36. The summed E-state index contributed by atoms with van der Waals surface area (Å²) in [7, 11) is -1.37. The minimum atomic E-state index is -1.37. The first-order chi connectivity index (χ1) is 18.0. The molecule has 0 bridgehead atoms. The molecule has 1 unspecified atom stereocenters. The first-order valence-corrected chi connectivity index (χ1v) is 13.8. The van der Waals surface area contributed by atoms with E-state index in [2.05, 4.69) is 10.3 Å². The van der Waals surface area contributed by atoms with Gasteiger partial charge in [0.2, 0.25) is 5.95 Å². The lowest BCUT2D eigenvalue weighted by Gasteiger charge is -2.32. The molecule has 0 aliphatic carbocycles. The van der Waals surface area contributed by atoms with Crippen LogP contribution in [0.4, 0.5) is 14.7 Å². The van der Waals surface area contributed by atoms with E-state index < -0.39 is 11.0 Å². The Morgan fingerprint density at radius 2 is 1.76 bits per heavy atom. The zero-order valence-corrected chi connectivity index (χ0v) is 21.2. The number of rotatable bonds is 6. The normalized spacial score (nSPS) is 17.2. The Labute approximate surface area is 218 Å². The van der Waals surface area contributed by atoms with Crippen molar-refractivity contribution in [3.8, 4) is 22.6 Å². The lowest BCUT2D eigenvalue weighted by Crippen LogP contribution is -2.43. The Bertz CT molecular complexity index is 1570. The first-order valence-electron chi connectivity index (χ1n) is 11.8. The third kappa shape index (κ3) is 4.89. The second-order valence-corrected chi connectivity index (χ2v) is 11.1. The van der Waals surface area contributed by atoms with E-state index in [9.17, 15) is 13.0 Å². The van der Waals surface area contributed by atoms with Gasteiger partial charge in [-0.2, -0.15) is 0 Å². The van der Waals surface area contributed by atoms with Gasteiger partial charge >= 0.3 is 0 Å². The van der Waals surface area contributed by atoms with Crippen LogP contribution >= 0.6 is 11.3 Å². The smallest absolute Gasteiger partial charge is 0.223 e. The van der Waals surface area contributed by atoms with Gasteiger partial charge < -0.3 is 5.32 Å². The summed E-state index contributed by atoms with van der Waals surface area (Å²) in [5.74, 6) is -0.189. The maximum atomic E-state index is 13.5. The molecule has 4 heterocycles. The lowest BCUT2D eigenvalue weighted by atomic mass is 10.1. The lowest BCUT2D eigenvalue weighted by molar-refractivity contribution is 0.342. The van der Waals surface area contributed by atoms with E-state index >= 15 is 0 Å². The molecule has 1 N–H and O–H groups in total. The minimum absolute atomic E-state index is 0.00317. The fourth-order valence-corrected chi connectivity index (χ4v) is 6.48. The molecular weight excluding hydrogens is 514 g/mol. The second-order valence-electron chi connectivity index (χ2n) is 8.71. The van der Waals surface area contributed by atoms with Crippen molar-refractivity contribution in [3.05, 3.63) is 84.0 Å². The maximum Gasteiger partial charge on any atom is 0.223 e. The number of imidazole rings is 1. The van der Waals surface area contributed by atoms with Crippen molar-refractivity contribution in [2.75, 3.05) is 18.4 Å². The van der Waals surface area contributed by atoms with Crippen LogP contribution in [0.3, 0.4) is 0 Å². The highest BCUT2D eigenvalue weighted by molar-refractivity contribution is 7.82. The van der Waals surface area contributed by atoms with Crippen LogP contribution in [-0.4, -0.2) is 47.0 Å². The molecule has 7 nitrogen and oxygen atoms in total. The van der Waals surface area contributed by atoms with Gasteiger partial charge in [-0.3, -0.25) is 4.40 Å². The fraction of sp³-hybridized carbons (Fsp3) is 0.192. The van der Waals surface area contributed by atoms with Gasteiger partial charge in [-0.1, -0.05) is 0 Å². The number of fused-ring (bicyclic) bond motifs is 1. The monoisotopic (exact) mass is 536 g/mol. The average molecular weight is 537 g/mol. The summed E-state index contributed by atoms with van der Waals surface area (Å²) in [6.45, 7) is 1.23. The summed E-state index contributed by atoms with van der Waals surface area (Å²) in [5.41, 5.74) is 3.00. The number of aromatic nitrogens is 4. The summed E-state index contributed by atoms with van der Waals surface area (Å²) in [4.78, 5) is 15.4. The predicted molar refractivity (Wildman–Crippen MR) is 141 cm³/mol. The number of halogens is 2. The molecule has 37 heavy (non-hydrogen) atoms. The third-order valence-electron chi connectivity index (χ3n) is 6.25. The molecule has 1 aliphatic heterocycles. The summed E-state index contributed by atoms with van der Waals surface area (Å²) < 4.78 is 43.7. The molecule has 1 fully saturated rings. The molecule has 2 aromatic carbocycles. The Hall–Kier alpha value is -3.54. The van der Waals surface area contributed by atoms with E-state index in [1.54, 1.807) is 30.5 Å². The Kier molecular flexibility index (Phi) is 6.49. The van der Waals surface area contributed by atoms with Crippen LogP contribution in [0.1, 0.15) is 12.8 Å². The fourth-order valence-electron chi connectivity index (χ4n) is 4.49. The number of anilines is 1. The second kappa shape index (κ2) is 10.1. The third-order valence-corrected chi connectivity index (χ3v) is 8.48. The molecule has 188 valence electrons. The zero-order chi connectivity index (χ0) is 25.4. The predicted octanol–water partition coefficient (Wildman–Crippen LogP) is 5.40. The van der Waals surface area contributed by atoms with Crippen LogP contribution in [0.25, 0.3) is 27.6 Å². The first kappa shape index (κ1) is 23.8. The van der Waals surface area contributed by atoms with Crippen molar-refractivity contribution in [2.24, 2.45) is 0 Å². The largest absolute Gasteiger partial charge is 0.350 e. The molecule has 5 aromatic rings. The van der Waals surface area contributed by atoms with E-state index in [0.29, 0.717) is 29.6 Å². The number of nitrogens with one attached hydrogen (secondary N) is 1. The molecule has 11 heteroatoms. The van der Waals surface area contributed by atoms with Gasteiger partial charge in [-0.15, -0.1) is 11.3 Å².